The highest BCUT2D eigenvalue weighted by molar-refractivity contribution is 5.88. The maximum Gasteiger partial charge on any atom is 0.286 e. The molecule has 0 radical (unpaired) electrons. The summed E-state index contributed by atoms with van der Waals surface area (Å²) in [5.41, 5.74) is 5.71. The van der Waals surface area contributed by atoms with E-state index in [1.54, 1.807) is 6.20 Å². The van der Waals surface area contributed by atoms with Gasteiger partial charge in [0.25, 0.3) is 5.91 Å². The molecule has 0 fully saturated rings. The Kier molecular flexibility index (Phi) is 3.30. The second kappa shape index (κ2) is 4.70. The van der Waals surface area contributed by atoms with E-state index in [1.165, 1.54) is 6.33 Å². The number of amides is 1. The van der Waals surface area contributed by atoms with Gasteiger partial charge < -0.3 is 5.73 Å². The smallest absolute Gasteiger partial charge is 0.286 e. The summed E-state index contributed by atoms with van der Waals surface area (Å²) in [7, 11) is 0. The normalized spacial score (nSPS) is 8.93. The number of H-pyrrole nitrogens is 2. The van der Waals surface area contributed by atoms with Gasteiger partial charge in [0.1, 0.15) is 6.33 Å². The van der Waals surface area contributed by atoms with Crippen molar-refractivity contribution in [2.45, 2.75) is 6.92 Å². The number of carbonyl (C=O) groups excluding carboxylic acids is 1. The van der Waals surface area contributed by atoms with Gasteiger partial charge in [0, 0.05) is 0 Å². The summed E-state index contributed by atoms with van der Waals surface area (Å²) in [6.45, 7) is 1.88. The van der Waals surface area contributed by atoms with Gasteiger partial charge in [0.15, 0.2) is 0 Å². The van der Waals surface area contributed by atoms with Gasteiger partial charge in [-0.1, -0.05) is 0 Å². The van der Waals surface area contributed by atoms with Crippen LogP contribution in [0.25, 0.3) is 0 Å². The fourth-order valence-corrected chi connectivity index (χ4v) is 0.583. The minimum atomic E-state index is -0.595. The van der Waals surface area contributed by atoms with E-state index in [9.17, 15) is 4.79 Å². The lowest BCUT2D eigenvalue weighted by Gasteiger charge is -1.78. The molecule has 74 valence electrons. The quantitative estimate of drug-likeness (QED) is 0.538. The van der Waals surface area contributed by atoms with E-state index < -0.39 is 5.91 Å². The zero-order valence-electron chi connectivity index (χ0n) is 7.43. The maximum atomic E-state index is 10.2. The highest BCUT2D eigenvalue weighted by Gasteiger charge is 1.98. The Hall–Kier alpha value is -2.25. The van der Waals surface area contributed by atoms with E-state index in [0.717, 1.165) is 5.69 Å². The Balaban J connectivity index is 0.000000146. The van der Waals surface area contributed by atoms with Crippen LogP contribution in [-0.4, -0.2) is 36.5 Å². The lowest BCUT2D eigenvalue weighted by atomic mass is 10.6. The molecule has 2 heterocycles. The third-order valence-electron chi connectivity index (χ3n) is 1.18. The van der Waals surface area contributed by atoms with Crippen molar-refractivity contribution in [2.24, 2.45) is 5.73 Å². The minimum absolute atomic E-state index is 0.0880. The van der Waals surface area contributed by atoms with Crippen LogP contribution in [0, 0.1) is 6.92 Å². The first-order valence-corrected chi connectivity index (χ1v) is 3.67. The molecule has 2 rings (SSSR count). The largest absolute Gasteiger partial charge is 0.363 e. The first kappa shape index (κ1) is 9.84. The first-order valence-electron chi connectivity index (χ1n) is 3.67. The van der Waals surface area contributed by atoms with Gasteiger partial charge in [-0.05, 0) is 6.92 Å². The standard InChI is InChI=1S/C3H4N4O.C3H5N3/c4-2(8)3-5-1-6-7-3;1-3-2-4-6-5-3/h1H,(H2,4,8)(H,5,6,7);2H,1H3,(H,4,5,6). The average molecular weight is 195 g/mol. The summed E-state index contributed by atoms with van der Waals surface area (Å²) in [6, 6.07) is 0. The number of nitrogens with zero attached hydrogens (tertiary/aromatic N) is 4. The molecule has 0 saturated carbocycles. The molecule has 0 spiro atoms. The van der Waals surface area contributed by atoms with Crippen LogP contribution in [0.2, 0.25) is 0 Å². The fraction of sp³-hybridized carbons (Fsp3) is 0.167. The number of nitrogens with one attached hydrogen (secondary N) is 2. The Morgan fingerprint density at radius 2 is 2.29 bits per heavy atom. The fourth-order valence-electron chi connectivity index (χ4n) is 0.583. The molecule has 4 N–H and O–H groups in total. The Labute approximate surface area is 78.9 Å². The molecule has 2 aromatic heterocycles. The molecule has 0 bridgehead atoms. The molecule has 0 aliphatic rings. The van der Waals surface area contributed by atoms with Crippen molar-refractivity contribution >= 4 is 5.91 Å². The van der Waals surface area contributed by atoms with Crippen LogP contribution >= 0.6 is 0 Å². The predicted molar refractivity (Wildman–Crippen MR) is 46.0 cm³/mol. The van der Waals surface area contributed by atoms with E-state index in [2.05, 4.69) is 30.6 Å². The van der Waals surface area contributed by atoms with Gasteiger partial charge >= 0.3 is 0 Å². The van der Waals surface area contributed by atoms with Crippen LogP contribution in [0.3, 0.4) is 0 Å². The van der Waals surface area contributed by atoms with Gasteiger partial charge in [-0.2, -0.15) is 20.5 Å². The van der Waals surface area contributed by atoms with Crippen LogP contribution in [0.15, 0.2) is 12.5 Å². The Bertz CT molecular complexity index is 365. The summed E-state index contributed by atoms with van der Waals surface area (Å²) in [5, 5.41) is 15.4. The highest BCUT2D eigenvalue weighted by atomic mass is 16.1. The maximum absolute atomic E-state index is 10.2. The van der Waals surface area contributed by atoms with Crippen molar-refractivity contribution in [1.29, 1.82) is 0 Å². The summed E-state index contributed by atoms with van der Waals surface area (Å²) >= 11 is 0. The monoisotopic (exact) mass is 195 g/mol. The molecular weight excluding hydrogens is 186 g/mol. The number of hydrogen-bond donors (Lipinski definition) is 3. The van der Waals surface area contributed by atoms with Gasteiger partial charge in [-0.15, -0.1) is 0 Å². The SMILES string of the molecule is Cc1cn[nH]n1.NC(=O)c1ncn[nH]1. The van der Waals surface area contributed by atoms with E-state index in [1.807, 2.05) is 6.92 Å². The molecule has 2 aromatic rings. The van der Waals surface area contributed by atoms with Crippen molar-refractivity contribution in [2.75, 3.05) is 0 Å². The molecule has 0 atom stereocenters. The molecule has 0 aromatic carbocycles. The number of aromatic amines is 2. The Morgan fingerprint density at radius 3 is 2.50 bits per heavy atom. The first-order chi connectivity index (χ1) is 6.70. The molecule has 0 aliphatic heterocycles. The average Bonchev–Trinajstić information content (AvgIpc) is 2.75. The van der Waals surface area contributed by atoms with Crippen molar-refractivity contribution in [1.82, 2.24) is 30.6 Å². The van der Waals surface area contributed by atoms with Gasteiger partial charge in [-0.3, -0.25) is 9.89 Å². The summed E-state index contributed by atoms with van der Waals surface area (Å²) < 4.78 is 0. The third-order valence-corrected chi connectivity index (χ3v) is 1.18. The molecule has 0 unspecified atom stereocenters. The van der Waals surface area contributed by atoms with Crippen molar-refractivity contribution < 1.29 is 4.79 Å². The zero-order chi connectivity index (χ0) is 10.4. The number of rotatable bonds is 1. The van der Waals surface area contributed by atoms with Crippen LogP contribution in [0.1, 0.15) is 16.3 Å². The lowest BCUT2D eigenvalue weighted by Crippen LogP contribution is -2.12. The van der Waals surface area contributed by atoms with E-state index >= 15 is 0 Å². The predicted octanol–water partition coefficient (Wildman–Crippen LogP) is -0.983. The third kappa shape index (κ3) is 3.01. The number of carbonyl (C=O) groups is 1. The molecule has 8 heteroatoms. The molecule has 8 nitrogen and oxygen atoms in total. The summed E-state index contributed by atoms with van der Waals surface area (Å²) in [5.74, 6) is -0.507. The number of primary amides is 1. The molecule has 0 aliphatic carbocycles. The van der Waals surface area contributed by atoms with E-state index in [0.29, 0.717) is 0 Å². The number of nitrogens with two attached hydrogens (primary N) is 1. The second-order valence-corrected chi connectivity index (χ2v) is 2.31. The zero-order valence-corrected chi connectivity index (χ0v) is 7.43. The molecule has 0 saturated heterocycles. The number of hydrogen-bond acceptors (Lipinski definition) is 5. The summed E-state index contributed by atoms with van der Waals surface area (Å²) in [6.07, 6.45) is 2.89. The van der Waals surface area contributed by atoms with Gasteiger partial charge in [0.05, 0.1) is 11.9 Å². The van der Waals surface area contributed by atoms with Gasteiger partial charge in [-0.25, -0.2) is 4.98 Å². The van der Waals surface area contributed by atoms with Crippen molar-refractivity contribution in [3.8, 4) is 0 Å². The van der Waals surface area contributed by atoms with Crippen LogP contribution in [-0.2, 0) is 0 Å². The molecular formula is C6H9N7O. The number of aromatic nitrogens is 6. The van der Waals surface area contributed by atoms with Crippen LogP contribution < -0.4 is 5.73 Å². The molecule has 1 amide bonds. The van der Waals surface area contributed by atoms with Crippen molar-refractivity contribution in [3.05, 3.63) is 24.0 Å². The Morgan fingerprint density at radius 1 is 1.50 bits per heavy atom. The second-order valence-electron chi connectivity index (χ2n) is 2.31. The van der Waals surface area contributed by atoms with E-state index in [-0.39, 0.29) is 5.82 Å². The van der Waals surface area contributed by atoms with Gasteiger partial charge in [0.2, 0.25) is 5.82 Å². The van der Waals surface area contributed by atoms with Crippen molar-refractivity contribution in [3.63, 3.8) is 0 Å². The lowest BCUT2D eigenvalue weighted by molar-refractivity contribution is 0.0991. The topological polar surface area (TPSA) is 126 Å². The number of aryl methyl sites for hydroxylation is 1. The summed E-state index contributed by atoms with van der Waals surface area (Å²) in [4.78, 5) is 13.6. The van der Waals surface area contributed by atoms with Crippen LogP contribution in [0.4, 0.5) is 0 Å². The minimum Gasteiger partial charge on any atom is -0.363 e. The van der Waals surface area contributed by atoms with Crippen LogP contribution in [0.5, 0.6) is 0 Å². The molecule has 14 heavy (non-hydrogen) atoms. The highest BCUT2D eigenvalue weighted by Crippen LogP contribution is 1.78. The van der Waals surface area contributed by atoms with E-state index in [4.69, 9.17) is 5.73 Å².